The van der Waals surface area contributed by atoms with Crippen molar-refractivity contribution in [1.29, 1.82) is 0 Å². The van der Waals surface area contributed by atoms with Crippen LogP contribution in [0.3, 0.4) is 0 Å². The average molecular weight is 284 g/mol. The lowest BCUT2D eigenvalue weighted by Gasteiger charge is -2.29. The molecule has 0 N–H and O–H groups in total. The number of hydrogen-bond acceptors (Lipinski definition) is 2. The molecular weight excluding hydrogens is 266 g/mol. The van der Waals surface area contributed by atoms with E-state index < -0.39 is 0 Å². The number of nitrogens with zero attached hydrogens (tertiary/aromatic N) is 1. The van der Waals surface area contributed by atoms with Gasteiger partial charge in [-0.2, -0.15) is 0 Å². The van der Waals surface area contributed by atoms with Gasteiger partial charge in [0.15, 0.2) is 0 Å². The Morgan fingerprint density at radius 1 is 1.38 bits per heavy atom. The van der Waals surface area contributed by atoms with Gasteiger partial charge in [0, 0.05) is 11.4 Å². The molecule has 2 rings (SSSR count). The fraction of sp³-hybridized carbons (Fsp3) is 0.538. The molecule has 1 aliphatic rings. The van der Waals surface area contributed by atoms with E-state index in [1.165, 1.54) is 31.5 Å². The van der Waals surface area contributed by atoms with Crippen molar-refractivity contribution in [3.05, 3.63) is 29.8 Å². The Balaban J connectivity index is 1.93. The average Bonchev–Trinajstić information content (AvgIpc) is 2.32. The Bertz CT molecular complexity index is 334. The van der Waals surface area contributed by atoms with Gasteiger partial charge >= 0.3 is 0 Å². The van der Waals surface area contributed by atoms with Crippen LogP contribution in [-0.4, -0.2) is 29.9 Å². The molecule has 1 heterocycles. The van der Waals surface area contributed by atoms with Gasteiger partial charge in [-0.3, -0.25) is 4.90 Å². The highest BCUT2D eigenvalue weighted by Crippen LogP contribution is 2.20. The minimum Gasteiger partial charge on any atom is -0.497 e. The second kappa shape index (κ2) is 5.69. The van der Waals surface area contributed by atoms with E-state index in [2.05, 4.69) is 39.0 Å². The quantitative estimate of drug-likeness (QED) is 0.791. The fourth-order valence-electron chi connectivity index (χ4n) is 2.09. The Kier molecular flexibility index (Phi) is 4.24. The van der Waals surface area contributed by atoms with Crippen LogP contribution in [-0.2, 0) is 6.54 Å². The van der Waals surface area contributed by atoms with Crippen LogP contribution in [0, 0.1) is 0 Å². The summed E-state index contributed by atoms with van der Waals surface area (Å²) in [6.07, 6.45) is 2.51. The Morgan fingerprint density at radius 2 is 2.12 bits per heavy atom. The minimum atomic E-state index is 0.717. The van der Waals surface area contributed by atoms with Gasteiger partial charge in [-0.05, 0) is 43.6 Å². The minimum absolute atomic E-state index is 0.717. The normalized spacial score (nSPS) is 18.6. The summed E-state index contributed by atoms with van der Waals surface area (Å²) in [6, 6.07) is 8.35. The van der Waals surface area contributed by atoms with E-state index >= 15 is 0 Å². The lowest BCUT2D eigenvalue weighted by molar-refractivity contribution is 0.226. The lowest BCUT2D eigenvalue weighted by Crippen LogP contribution is -2.33. The van der Waals surface area contributed by atoms with E-state index in [0.717, 1.165) is 12.3 Å². The Hall–Kier alpha value is -0.540. The van der Waals surface area contributed by atoms with Gasteiger partial charge in [0.05, 0.1) is 7.11 Å². The number of halogens is 1. The largest absolute Gasteiger partial charge is 0.497 e. The van der Waals surface area contributed by atoms with Crippen molar-refractivity contribution in [2.45, 2.75) is 24.2 Å². The number of ether oxygens (including phenoxy) is 1. The number of alkyl halides is 1. The summed E-state index contributed by atoms with van der Waals surface area (Å²) in [4.78, 5) is 3.22. The molecule has 3 heteroatoms. The molecule has 0 unspecified atom stereocenters. The van der Waals surface area contributed by atoms with E-state index in [4.69, 9.17) is 4.74 Å². The zero-order chi connectivity index (χ0) is 11.4. The molecule has 2 nitrogen and oxygen atoms in total. The van der Waals surface area contributed by atoms with Crippen LogP contribution in [0.1, 0.15) is 18.4 Å². The third-order valence-electron chi connectivity index (χ3n) is 3.06. The molecule has 0 bridgehead atoms. The van der Waals surface area contributed by atoms with E-state index in [0.29, 0.717) is 4.83 Å². The van der Waals surface area contributed by atoms with Gasteiger partial charge in [-0.25, -0.2) is 0 Å². The monoisotopic (exact) mass is 283 g/mol. The van der Waals surface area contributed by atoms with Crippen molar-refractivity contribution in [2.75, 3.05) is 20.2 Å². The van der Waals surface area contributed by atoms with Crippen molar-refractivity contribution in [3.63, 3.8) is 0 Å². The van der Waals surface area contributed by atoms with Crippen LogP contribution in [0.5, 0.6) is 5.75 Å². The smallest absolute Gasteiger partial charge is 0.119 e. The summed E-state index contributed by atoms with van der Waals surface area (Å²) in [6.45, 7) is 3.41. The highest BCUT2D eigenvalue weighted by molar-refractivity contribution is 9.09. The first-order valence-corrected chi connectivity index (χ1v) is 6.69. The molecule has 1 fully saturated rings. The van der Waals surface area contributed by atoms with E-state index in [-0.39, 0.29) is 0 Å². The maximum Gasteiger partial charge on any atom is 0.119 e. The number of piperidine rings is 1. The summed E-state index contributed by atoms with van der Waals surface area (Å²) < 4.78 is 5.24. The van der Waals surface area contributed by atoms with Gasteiger partial charge in [-0.15, -0.1) is 0 Å². The second-order valence-electron chi connectivity index (χ2n) is 4.30. The molecule has 0 aromatic heterocycles. The number of rotatable bonds is 3. The maximum atomic E-state index is 5.24. The van der Waals surface area contributed by atoms with Crippen LogP contribution >= 0.6 is 15.9 Å². The van der Waals surface area contributed by atoms with E-state index in [9.17, 15) is 0 Å². The van der Waals surface area contributed by atoms with Gasteiger partial charge in [-0.1, -0.05) is 28.1 Å². The molecule has 1 aliphatic heterocycles. The standard InChI is InChI=1S/C13H18BrNO/c1-16-13-4-2-3-11(9-13)10-15-7-5-12(14)6-8-15/h2-4,9,12H,5-8,10H2,1H3. The highest BCUT2D eigenvalue weighted by Gasteiger charge is 2.16. The molecule has 0 atom stereocenters. The third-order valence-corrected chi connectivity index (χ3v) is 3.97. The molecule has 0 saturated carbocycles. The summed E-state index contributed by atoms with van der Waals surface area (Å²) in [5.74, 6) is 0.952. The Morgan fingerprint density at radius 3 is 2.81 bits per heavy atom. The zero-order valence-electron chi connectivity index (χ0n) is 9.66. The molecule has 0 aliphatic carbocycles. The summed E-state index contributed by atoms with van der Waals surface area (Å²) in [7, 11) is 1.72. The molecular formula is C13H18BrNO. The lowest BCUT2D eigenvalue weighted by atomic mass is 10.1. The first-order chi connectivity index (χ1) is 7.78. The van der Waals surface area contributed by atoms with Crippen LogP contribution in [0.15, 0.2) is 24.3 Å². The van der Waals surface area contributed by atoms with Gasteiger partial charge in [0.1, 0.15) is 5.75 Å². The van der Waals surface area contributed by atoms with Crippen LogP contribution < -0.4 is 4.74 Å². The van der Waals surface area contributed by atoms with Crippen LogP contribution in [0.4, 0.5) is 0 Å². The topological polar surface area (TPSA) is 12.5 Å². The van der Waals surface area contributed by atoms with Crippen molar-refractivity contribution in [3.8, 4) is 5.75 Å². The highest BCUT2D eigenvalue weighted by atomic mass is 79.9. The first kappa shape index (κ1) is 11.9. The summed E-state index contributed by atoms with van der Waals surface area (Å²) in [5, 5.41) is 0. The summed E-state index contributed by atoms with van der Waals surface area (Å²) >= 11 is 3.68. The number of hydrogen-bond donors (Lipinski definition) is 0. The zero-order valence-corrected chi connectivity index (χ0v) is 11.2. The molecule has 1 saturated heterocycles. The number of methoxy groups -OCH3 is 1. The number of likely N-dealkylation sites (tertiary alicyclic amines) is 1. The van der Waals surface area contributed by atoms with Crippen LogP contribution in [0.25, 0.3) is 0 Å². The molecule has 16 heavy (non-hydrogen) atoms. The van der Waals surface area contributed by atoms with Crippen molar-refractivity contribution in [1.82, 2.24) is 4.90 Å². The van der Waals surface area contributed by atoms with Crippen molar-refractivity contribution in [2.24, 2.45) is 0 Å². The fourth-order valence-corrected chi connectivity index (χ4v) is 2.50. The van der Waals surface area contributed by atoms with Gasteiger partial charge in [0.2, 0.25) is 0 Å². The molecule has 1 aromatic carbocycles. The SMILES string of the molecule is COc1cccc(CN2CCC(Br)CC2)c1. The molecule has 0 spiro atoms. The first-order valence-electron chi connectivity index (χ1n) is 5.77. The third kappa shape index (κ3) is 3.22. The second-order valence-corrected chi connectivity index (χ2v) is 5.60. The van der Waals surface area contributed by atoms with Gasteiger partial charge < -0.3 is 4.74 Å². The van der Waals surface area contributed by atoms with E-state index in [1.807, 2.05) is 6.07 Å². The van der Waals surface area contributed by atoms with Crippen molar-refractivity contribution < 1.29 is 4.74 Å². The summed E-state index contributed by atoms with van der Waals surface area (Å²) in [5.41, 5.74) is 1.34. The number of benzene rings is 1. The molecule has 0 radical (unpaired) electrons. The van der Waals surface area contributed by atoms with Gasteiger partial charge in [0.25, 0.3) is 0 Å². The van der Waals surface area contributed by atoms with Crippen LogP contribution in [0.2, 0.25) is 0 Å². The maximum absolute atomic E-state index is 5.24. The molecule has 88 valence electrons. The predicted molar refractivity (Wildman–Crippen MR) is 70.2 cm³/mol. The molecule has 0 amide bonds. The Labute approximate surface area is 106 Å². The van der Waals surface area contributed by atoms with Crippen molar-refractivity contribution >= 4 is 15.9 Å². The predicted octanol–water partition coefficient (Wildman–Crippen LogP) is 3.05. The van der Waals surface area contributed by atoms with E-state index in [1.54, 1.807) is 7.11 Å². The molecule has 1 aromatic rings.